The first kappa shape index (κ1) is 49.4. The number of rotatable bonds is 39. The molecule has 0 aromatic heterocycles. The van der Waals surface area contributed by atoms with Gasteiger partial charge >= 0.3 is 17.9 Å². The van der Waals surface area contributed by atoms with Crippen LogP contribution < -0.4 is 0 Å². The molecule has 0 radical (unpaired) electrons. The van der Waals surface area contributed by atoms with Gasteiger partial charge in [-0.05, 0) is 31.1 Å². The first-order valence-electron chi connectivity index (χ1n) is 22.3. The molecule has 0 aromatic rings. The average molecular weight is 723 g/mol. The lowest BCUT2D eigenvalue weighted by atomic mass is 9.99. The van der Waals surface area contributed by atoms with Crippen molar-refractivity contribution in [1.29, 1.82) is 0 Å². The SMILES string of the molecule is CCCCCCCC(=O)OC[C@@H](COC(=O)CCCCCCCCCCCCCCCCC(C)CC)OC(=O)CCCCCCCCCC(C)C. The summed E-state index contributed by atoms with van der Waals surface area (Å²) < 4.78 is 16.6. The van der Waals surface area contributed by atoms with Gasteiger partial charge in [0.25, 0.3) is 0 Å². The summed E-state index contributed by atoms with van der Waals surface area (Å²) in [5.41, 5.74) is 0. The predicted octanol–water partition coefficient (Wildman–Crippen LogP) is 13.8. The first-order valence-corrected chi connectivity index (χ1v) is 22.3. The standard InChI is InChI=1S/C45H86O6/c1-6-8-9-23-30-35-43(46)49-38-42(51-45(48)37-32-27-22-18-19-24-28-33-40(3)4)39-50-44(47)36-31-26-21-17-15-13-11-10-12-14-16-20-25-29-34-41(5)7-2/h40-42H,6-39H2,1-5H3/t41?,42-/m0/s1. The lowest BCUT2D eigenvalue weighted by Gasteiger charge is -2.18. The minimum atomic E-state index is -0.758. The molecular formula is C45H86O6. The van der Waals surface area contributed by atoms with Crippen molar-refractivity contribution in [2.75, 3.05) is 13.2 Å². The van der Waals surface area contributed by atoms with Crippen LogP contribution in [0.2, 0.25) is 0 Å². The monoisotopic (exact) mass is 723 g/mol. The average Bonchev–Trinajstić information content (AvgIpc) is 3.11. The van der Waals surface area contributed by atoms with Gasteiger partial charge < -0.3 is 14.2 Å². The lowest BCUT2D eigenvalue weighted by molar-refractivity contribution is -0.167. The van der Waals surface area contributed by atoms with Crippen LogP contribution in [0.3, 0.4) is 0 Å². The van der Waals surface area contributed by atoms with E-state index < -0.39 is 6.10 Å². The molecule has 0 heterocycles. The fourth-order valence-electron chi connectivity index (χ4n) is 6.54. The molecular weight excluding hydrogens is 636 g/mol. The third-order valence-electron chi connectivity index (χ3n) is 10.3. The molecule has 0 bridgehead atoms. The fraction of sp³-hybridized carbons (Fsp3) is 0.933. The molecule has 0 saturated carbocycles. The Bertz CT molecular complexity index is 781. The number of hydrogen-bond donors (Lipinski definition) is 0. The summed E-state index contributed by atoms with van der Waals surface area (Å²) in [7, 11) is 0. The van der Waals surface area contributed by atoms with E-state index in [0.29, 0.717) is 19.3 Å². The van der Waals surface area contributed by atoms with Crippen molar-refractivity contribution >= 4 is 17.9 Å². The van der Waals surface area contributed by atoms with Crippen molar-refractivity contribution in [1.82, 2.24) is 0 Å². The molecule has 0 aliphatic heterocycles. The van der Waals surface area contributed by atoms with E-state index in [2.05, 4.69) is 34.6 Å². The van der Waals surface area contributed by atoms with Gasteiger partial charge in [-0.3, -0.25) is 14.4 Å². The number of esters is 3. The Kier molecular flexibility index (Phi) is 37.0. The summed E-state index contributed by atoms with van der Waals surface area (Å²) in [6, 6.07) is 0. The van der Waals surface area contributed by atoms with Crippen molar-refractivity contribution in [3.05, 3.63) is 0 Å². The molecule has 51 heavy (non-hydrogen) atoms. The van der Waals surface area contributed by atoms with Crippen LogP contribution in [0.15, 0.2) is 0 Å². The molecule has 6 heteroatoms. The molecule has 302 valence electrons. The zero-order chi connectivity index (χ0) is 37.6. The van der Waals surface area contributed by atoms with E-state index in [-0.39, 0.29) is 31.1 Å². The summed E-state index contributed by atoms with van der Waals surface area (Å²) in [5, 5.41) is 0. The van der Waals surface area contributed by atoms with Crippen LogP contribution in [0.25, 0.3) is 0 Å². The van der Waals surface area contributed by atoms with Crippen molar-refractivity contribution in [2.45, 2.75) is 246 Å². The molecule has 0 saturated heterocycles. The zero-order valence-electron chi connectivity index (χ0n) is 34.7. The molecule has 0 fully saturated rings. The van der Waals surface area contributed by atoms with Gasteiger partial charge in [0.05, 0.1) is 0 Å². The van der Waals surface area contributed by atoms with Gasteiger partial charge in [0.15, 0.2) is 6.10 Å². The van der Waals surface area contributed by atoms with Crippen molar-refractivity contribution in [3.8, 4) is 0 Å². The van der Waals surface area contributed by atoms with Crippen molar-refractivity contribution in [2.24, 2.45) is 11.8 Å². The molecule has 2 atom stereocenters. The molecule has 0 spiro atoms. The summed E-state index contributed by atoms with van der Waals surface area (Å²) in [6.45, 7) is 11.2. The topological polar surface area (TPSA) is 78.9 Å². The third kappa shape index (κ3) is 38.0. The highest BCUT2D eigenvalue weighted by Gasteiger charge is 2.19. The van der Waals surface area contributed by atoms with E-state index in [9.17, 15) is 14.4 Å². The summed E-state index contributed by atoms with van der Waals surface area (Å²) in [5.74, 6) is 0.798. The molecule has 6 nitrogen and oxygen atoms in total. The molecule has 0 aromatic carbocycles. The molecule has 0 N–H and O–H groups in total. The Balaban J connectivity index is 4.13. The predicted molar refractivity (Wildman–Crippen MR) is 215 cm³/mol. The summed E-state index contributed by atoms with van der Waals surface area (Å²) >= 11 is 0. The number of carbonyl (C=O) groups excluding carboxylic acids is 3. The number of ether oxygens (including phenoxy) is 3. The maximum absolute atomic E-state index is 12.6. The number of unbranched alkanes of at least 4 members (excludes halogenated alkanes) is 23. The van der Waals surface area contributed by atoms with E-state index in [4.69, 9.17) is 14.2 Å². The minimum absolute atomic E-state index is 0.0665. The molecule has 1 unspecified atom stereocenters. The Labute approximate surface area is 317 Å². The highest BCUT2D eigenvalue weighted by molar-refractivity contribution is 5.71. The van der Waals surface area contributed by atoms with Gasteiger partial charge in [-0.1, -0.05) is 202 Å². The van der Waals surface area contributed by atoms with Gasteiger partial charge in [-0.15, -0.1) is 0 Å². The third-order valence-corrected chi connectivity index (χ3v) is 10.3. The van der Waals surface area contributed by atoms with Crippen LogP contribution >= 0.6 is 0 Å². The van der Waals surface area contributed by atoms with E-state index in [1.54, 1.807) is 0 Å². The van der Waals surface area contributed by atoms with E-state index in [1.165, 1.54) is 122 Å². The Morgan fingerprint density at radius 2 is 0.745 bits per heavy atom. The van der Waals surface area contributed by atoms with Gasteiger partial charge in [0.2, 0.25) is 0 Å². The number of carbonyl (C=O) groups is 3. The van der Waals surface area contributed by atoms with Crippen LogP contribution in [0.1, 0.15) is 240 Å². The Morgan fingerprint density at radius 3 is 1.12 bits per heavy atom. The largest absolute Gasteiger partial charge is 0.462 e. The molecule has 0 aliphatic rings. The maximum atomic E-state index is 12.6. The van der Waals surface area contributed by atoms with Crippen LogP contribution in [0.5, 0.6) is 0 Å². The van der Waals surface area contributed by atoms with Gasteiger partial charge in [0, 0.05) is 19.3 Å². The zero-order valence-corrected chi connectivity index (χ0v) is 34.7. The molecule has 0 amide bonds. The van der Waals surface area contributed by atoms with E-state index in [0.717, 1.165) is 76.0 Å². The van der Waals surface area contributed by atoms with Gasteiger partial charge in [0.1, 0.15) is 13.2 Å². The Hall–Kier alpha value is -1.59. The van der Waals surface area contributed by atoms with Gasteiger partial charge in [-0.2, -0.15) is 0 Å². The quantitative estimate of drug-likeness (QED) is 0.0357. The highest BCUT2D eigenvalue weighted by Crippen LogP contribution is 2.17. The smallest absolute Gasteiger partial charge is 0.306 e. The normalized spacial score (nSPS) is 12.6. The van der Waals surface area contributed by atoms with Crippen LogP contribution in [0.4, 0.5) is 0 Å². The van der Waals surface area contributed by atoms with Crippen LogP contribution in [-0.2, 0) is 28.6 Å². The fourth-order valence-corrected chi connectivity index (χ4v) is 6.54. The van der Waals surface area contributed by atoms with Crippen molar-refractivity contribution < 1.29 is 28.6 Å². The second-order valence-electron chi connectivity index (χ2n) is 16.1. The second kappa shape index (κ2) is 38.1. The van der Waals surface area contributed by atoms with Gasteiger partial charge in [-0.25, -0.2) is 0 Å². The number of hydrogen-bond acceptors (Lipinski definition) is 6. The first-order chi connectivity index (χ1) is 24.8. The highest BCUT2D eigenvalue weighted by atomic mass is 16.6. The molecule has 0 rings (SSSR count). The lowest BCUT2D eigenvalue weighted by Crippen LogP contribution is -2.30. The van der Waals surface area contributed by atoms with E-state index >= 15 is 0 Å². The second-order valence-corrected chi connectivity index (χ2v) is 16.1. The Morgan fingerprint density at radius 1 is 0.412 bits per heavy atom. The summed E-state index contributed by atoms with van der Waals surface area (Å²) in [6.07, 6.45) is 35.5. The van der Waals surface area contributed by atoms with Crippen molar-refractivity contribution in [3.63, 3.8) is 0 Å². The van der Waals surface area contributed by atoms with Crippen LogP contribution in [-0.4, -0.2) is 37.2 Å². The van der Waals surface area contributed by atoms with E-state index in [1.807, 2.05) is 0 Å². The minimum Gasteiger partial charge on any atom is -0.462 e. The molecule has 0 aliphatic carbocycles. The maximum Gasteiger partial charge on any atom is 0.306 e. The summed E-state index contributed by atoms with van der Waals surface area (Å²) in [4.78, 5) is 37.4. The van der Waals surface area contributed by atoms with Crippen LogP contribution in [0, 0.1) is 11.8 Å².